The smallest absolute Gasteiger partial charge is 0.273 e. The molecule has 1 amide bonds. The Labute approximate surface area is 186 Å². The average Bonchev–Trinajstić information content (AvgIpc) is 3.28. The van der Waals surface area contributed by atoms with E-state index in [-0.39, 0.29) is 22.5 Å². The zero-order valence-corrected chi connectivity index (χ0v) is 18.6. The van der Waals surface area contributed by atoms with Gasteiger partial charge >= 0.3 is 0 Å². The van der Waals surface area contributed by atoms with Gasteiger partial charge in [0.2, 0.25) is 17.0 Å². The van der Waals surface area contributed by atoms with Crippen LogP contribution in [0.15, 0.2) is 46.7 Å². The first-order valence-electron chi connectivity index (χ1n) is 9.13. The number of hydrogen-bond acceptors (Lipinski definition) is 10. The van der Waals surface area contributed by atoms with Crippen molar-refractivity contribution in [3.05, 3.63) is 48.0 Å². The average molecular weight is 475 g/mol. The molecule has 3 aromatic heterocycles. The van der Waals surface area contributed by atoms with Gasteiger partial charge in [-0.25, -0.2) is 27.8 Å². The predicted molar refractivity (Wildman–Crippen MR) is 117 cm³/mol. The summed E-state index contributed by atoms with van der Waals surface area (Å²) in [7, 11) is -3.88. The Morgan fingerprint density at radius 2 is 1.81 bits per heavy atom. The molecule has 1 aromatic carbocycles. The molecule has 0 aliphatic carbocycles. The van der Waals surface area contributed by atoms with Crippen molar-refractivity contribution in [3.8, 4) is 0 Å². The van der Waals surface area contributed by atoms with E-state index in [1.807, 2.05) is 0 Å². The largest absolute Gasteiger partial charge is 0.335 e. The summed E-state index contributed by atoms with van der Waals surface area (Å²) < 4.78 is 30.2. The fourth-order valence-corrected chi connectivity index (χ4v) is 4.39. The monoisotopic (exact) mass is 474 g/mol. The summed E-state index contributed by atoms with van der Waals surface area (Å²) >= 11 is 1.13. The Morgan fingerprint density at radius 1 is 1.12 bits per heavy atom. The number of carbonyl (C=O) groups is 1. The highest BCUT2D eigenvalue weighted by molar-refractivity contribution is 7.99. The van der Waals surface area contributed by atoms with Crippen LogP contribution in [0, 0.1) is 13.8 Å². The molecule has 0 atom stereocenters. The summed E-state index contributed by atoms with van der Waals surface area (Å²) in [6.45, 7) is 3.50. The van der Waals surface area contributed by atoms with Crippen LogP contribution < -0.4 is 15.9 Å². The van der Waals surface area contributed by atoms with Gasteiger partial charge in [0.25, 0.3) is 15.8 Å². The second-order valence-corrected chi connectivity index (χ2v) is 9.30. The first-order chi connectivity index (χ1) is 15.2. The van der Waals surface area contributed by atoms with E-state index in [0.29, 0.717) is 28.0 Å². The Bertz CT molecular complexity index is 1380. The minimum atomic E-state index is -3.88. The van der Waals surface area contributed by atoms with Crippen LogP contribution in [0.1, 0.15) is 11.4 Å². The number of rotatable bonds is 7. The number of benzene rings is 1. The molecular weight excluding hydrogens is 456 g/mol. The Balaban J connectivity index is 1.37. The SMILES string of the molecule is Cc1cc(C)nc(NS(=O)(=O)c2ccc(NC(=O)CSc3nnc4n(N)cnn34)cc2)n1. The van der Waals surface area contributed by atoms with Gasteiger partial charge in [0, 0.05) is 17.1 Å². The zero-order valence-electron chi connectivity index (χ0n) is 16.9. The quantitative estimate of drug-likeness (QED) is 0.254. The second-order valence-electron chi connectivity index (χ2n) is 6.67. The minimum Gasteiger partial charge on any atom is -0.335 e. The van der Waals surface area contributed by atoms with Crippen molar-refractivity contribution >= 4 is 45.1 Å². The lowest BCUT2D eigenvalue weighted by molar-refractivity contribution is -0.113. The first kappa shape index (κ1) is 21.5. The lowest BCUT2D eigenvalue weighted by atomic mass is 10.3. The number of thioether (sulfide) groups is 1. The first-order valence-corrected chi connectivity index (χ1v) is 11.6. The lowest BCUT2D eigenvalue weighted by Gasteiger charge is -2.09. The third kappa shape index (κ3) is 4.62. The van der Waals surface area contributed by atoms with Gasteiger partial charge in [-0.3, -0.25) is 4.79 Å². The molecule has 4 aromatic rings. The van der Waals surface area contributed by atoms with Crippen LogP contribution in [0.4, 0.5) is 11.6 Å². The number of nitrogens with one attached hydrogen (secondary N) is 2. The summed E-state index contributed by atoms with van der Waals surface area (Å²) in [6.07, 6.45) is 1.38. The van der Waals surface area contributed by atoms with Crippen molar-refractivity contribution in [2.45, 2.75) is 23.9 Å². The van der Waals surface area contributed by atoms with E-state index in [0.717, 1.165) is 11.8 Å². The molecule has 0 bridgehead atoms. The fraction of sp³-hybridized carbons (Fsp3) is 0.176. The number of nitrogen functional groups attached to an aromatic ring is 1. The van der Waals surface area contributed by atoms with Crippen molar-refractivity contribution < 1.29 is 13.2 Å². The van der Waals surface area contributed by atoms with Gasteiger partial charge in [-0.05, 0) is 44.2 Å². The van der Waals surface area contributed by atoms with Crippen LogP contribution >= 0.6 is 11.8 Å². The number of nitrogens with zero attached hydrogens (tertiary/aromatic N) is 7. The van der Waals surface area contributed by atoms with Gasteiger partial charge in [-0.15, -0.1) is 10.2 Å². The Kier molecular flexibility index (Phi) is 5.67. The highest BCUT2D eigenvalue weighted by Gasteiger charge is 2.17. The molecule has 4 N–H and O–H groups in total. The molecule has 4 rings (SSSR count). The Morgan fingerprint density at radius 3 is 2.50 bits per heavy atom. The number of hydrogen-bond donors (Lipinski definition) is 3. The minimum absolute atomic E-state index is 0.000962. The van der Waals surface area contributed by atoms with E-state index in [9.17, 15) is 13.2 Å². The third-order valence-corrected chi connectivity index (χ3v) is 6.37. The molecule has 0 radical (unpaired) electrons. The maximum atomic E-state index is 12.6. The number of fused-ring (bicyclic) bond motifs is 1. The van der Waals surface area contributed by atoms with Crippen molar-refractivity contribution in [1.29, 1.82) is 0 Å². The molecule has 0 aliphatic heterocycles. The summed E-state index contributed by atoms with van der Waals surface area (Å²) in [5.74, 6) is 5.72. The van der Waals surface area contributed by atoms with Gasteiger partial charge in [0.1, 0.15) is 6.33 Å². The standard InChI is InChI=1S/C17H18N10O3S2/c1-10-7-11(2)21-15(20-10)25-32(29,30)13-5-3-12(4-6-13)22-14(28)8-31-17-24-23-16-26(18)9-19-27(16)17/h3-7,9H,8,18H2,1-2H3,(H,22,28)(H,20,21,25). The van der Waals surface area contributed by atoms with Crippen LogP contribution in [-0.4, -0.2) is 54.5 Å². The van der Waals surface area contributed by atoms with Crippen LogP contribution in [0.25, 0.3) is 5.78 Å². The van der Waals surface area contributed by atoms with E-state index in [1.54, 1.807) is 19.9 Å². The molecule has 0 unspecified atom stereocenters. The number of sulfonamides is 1. The van der Waals surface area contributed by atoms with Crippen molar-refractivity contribution in [2.24, 2.45) is 0 Å². The molecule has 0 saturated carbocycles. The molecule has 0 aliphatic rings. The van der Waals surface area contributed by atoms with Crippen molar-refractivity contribution in [1.82, 2.24) is 34.5 Å². The van der Waals surface area contributed by atoms with Crippen LogP contribution in [0.3, 0.4) is 0 Å². The molecule has 166 valence electrons. The van der Waals surface area contributed by atoms with E-state index in [2.05, 4.69) is 35.3 Å². The molecule has 15 heteroatoms. The lowest BCUT2D eigenvalue weighted by Crippen LogP contribution is -2.16. The van der Waals surface area contributed by atoms with Crippen LogP contribution in [0.5, 0.6) is 0 Å². The van der Waals surface area contributed by atoms with Crippen molar-refractivity contribution in [2.75, 3.05) is 21.6 Å². The summed E-state index contributed by atoms with van der Waals surface area (Å²) in [6, 6.07) is 7.48. The van der Waals surface area contributed by atoms with Gasteiger partial charge in [0.15, 0.2) is 0 Å². The summed E-state index contributed by atoms with van der Waals surface area (Å²) in [5, 5.41) is 14.9. The maximum Gasteiger partial charge on any atom is 0.273 e. The number of amides is 1. The van der Waals surface area contributed by atoms with Crippen LogP contribution in [-0.2, 0) is 14.8 Å². The third-order valence-electron chi connectivity index (χ3n) is 4.11. The number of carbonyl (C=O) groups excluding carboxylic acids is 1. The molecule has 32 heavy (non-hydrogen) atoms. The molecule has 0 saturated heterocycles. The summed E-state index contributed by atoms with van der Waals surface area (Å²) in [4.78, 5) is 20.4. The number of aryl methyl sites for hydroxylation is 2. The predicted octanol–water partition coefficient (Wildman–Crippen LogP) is 0.578. The van der Waals surface area contributed by atoms with Crippen LogP contribution in [0.2, 0.25) is 0 Å². The zero-order chi connectivity index (χ0) is 22.9. The molecule has 3 heterocycles. The molecule has 13 nitrogen and oxygen atoms in total. The maximum absolute atomic E-state index is 12.6. The van der Waals surface area contributed by atoms with Gasteiger partial charge in [0.05, 0.1) is 10.6 Å². The molecule has 0 fully saturated rings. The topological polar surface area (TPSA) is 175 Å². The van der Waals surface area contributed by atoms with Crippen molar-refractivity contribution in [3.63, 3.8) is 0 Å². The highest BCUT2D eigenvalue weighted by atomic mass is 32.2. The highest BCUT2D eigenvalue weighted by Crippen LogP contribution is 2.19. The number of nitrogens with two attached hydrogens (primary N) is 1. The molecular formula is C17H18N10O3S2. The van der Waals surface area contributed by atoms with Gasteiger partial charge in [-0.1, -0.05) is 11.8 Å². The second kappa shape index (κ2) is 8.43. The Hall–Kier alpha value is -3.72. The normalized spacial score (nSPS) is 11.6. The van der Waals surface area contributed by atoms with E-state index >= 15 is 0 Å². The van der Waals surface area contributed by atoms with Gasteiger partial charge in [-0.2, -0.15) is 9.61 Å². The van der Waals surface area contributed by atoms with E-state index < -0.39 is 10.0 Å². The van der Waals surface area contributed by atoms with Gasteiger partial charge < -0.3 is 11.2 Å². The fourth-order valence-electron chi connectivity index (χ4n) is 2.76. The number of aromatic nitrogens is 7. The van der Waals surface area contributed by atoms with E-state index in [1.165, 1.54) is 39.8 Å². The summed E-state index contributed by atoms with van der Waals surface area (Å²) in [5.41, 5.74) is 1.73. The molecule has 0 spiro atoms. The number of anilines is 2. The van der Waals surface area contributed by atoms with E-state index in [4.69, 9.17) is 5.84 Å².